The molecule has 0 aliphatic heterocycles. The minimum absolute atomic E-state index is 0.0564. The molecular weight excluding hydrogens is 214 g/mol. The monoisotopic (exact) mass is 237 g/mol. The molecule has 0 saturated heterocycles. The minimum atomic E-state index is -0.587. The van der Waals surface area contributed by atoms with Crippen LogP contribution in [0.4, 0.5) is 0 Å². The van der Waals surface area contributed by atoms with Crippen molar-refractivity contribution >= 4 is 0 Å². The molecule has 0 spiro atoms. The lowest BCUT2D eigenvalue weighted by atomic mass is 10.0. The van der Waals surface area contributed by atoms with E-state index >= 15 is 0 Å². The number of aliphatic hydroxyl groups is 2. The van der Waals surface area contributed by atoms with Gasteiger partial charge in [-0.1, -0.05) is 30.3 Å². The Morgan fingerprint density at radius 2 is 1.76 bits per heavy atom. The van der Waals surface area contributed by atoms with Crippen molar-refractivity contribution < 1.29 is 10.2 Å². The van der Waals surface area contributed by atoms with Gasteiger partial charge in [0, 0.05) is 6.04 Å². The Bertz CT molecular complexity index is 309. The Balaban J connectivity index is 2.37. The Morgan fingerprint density at radius 3 is 2.29 bits per heavy atom. The van der Waals surface area contributed by atoms with Gasteiger partial charge in [0.15, 0.2) is 0 Å². The lowest BCUT2D eigenvalue weighted by molar-refractivity contribution is 0.0947. The Morgan fingerprint density at radius 1 is 1.18 bits per heavy atom. The quantitative estimate of drug-likeness (QED) is 0.671. The normalized spacial score (nSPS) is 13.6. The molecule has 1 atom stereocenters. The van der Waals surface area contributed by atoms with Crippen LogP contribution in [0.2, 0.25) is 0 Å². The highest BCUT2D eigenvalue weighted by atomic mass is 16.3. The zero-order valence-electron chi connectivity index (χ0n) is 10.7. The van der Waals surface area contributed by atoms with Crippen LogP contribution in [0.25, 0.3) is 0 Å². The van der Waals surface area contributed by atoms with E-state index in [1.807, 2.05) is 25.1 Å². The first-order chi connectivity index (χ1) is 8.09. The minimum Gasteiger partial charge on any atom is -0.394 e. The van der Waals surface area contributed by atoms with E-state index in [-0.39, 0.29) is 19.3 Å². The van der Waals surface area contributed by atoms with Gasteiger partial charge in [0.25, 0.3) is 0 Å². The summed E-state index contributed by atoms with van der Waals surface area (Å²) in [4.78, 5) is 0. The molecule has 0 bridgehead atoms. The van der Waals surface area contributed by atoms with Crippen LogP contribution in [0.15, 0.2) is 30.3 Å². The molecule has 3 heteroatoms. The van der Waals surface area contributed by atoms with E-state index in [0.717, 1.165) is 12.8 Å². The third-order valence-electron chi connectivity index (χ3n) is 3.00. The molecule has 1 aromatic rings. The summed E-state index contributed by atoms with van der Waals surface area (Å²) in [6.45, 7) is 3.79. The number of benzene rings is 1. The number of hydrogen-bond donors (Lipinski definition) is 3. The van der Waals surface area contributed by atoms with Crippen LogP contribution in [0.5, 0.6) is 0 Å². The molecule has 1 aromatic carbocycles. The predicted molar refractivity (Wildman–Crippen MR) is 69.9 cm³/mol. The van der Waals surface area contributed by atoms with Crippen molar-refractivity contribution in [2.45, 2.75) is 38.3 Å². The maximum atomic E-state index is 9.20. The molecule has 0 amide bonds. The van der Waals surface area contributed by atoms with Gasteiger partial charge >= 0.3 is 0 Å². The zero-order valence-corrected chi connectivity index (χ0v) is 10.7. The highest BCUT2D eigenvalue weighted by molar-refractivity contribution is 5.14. The average Bonchev–Trinajstić information content (AvgIpc) is 2.37. The van der Waals surface area contributed by atoms with Crippen LogP contribution < -0.4 is 5.32 Å². The summed E-state index contributed by atoms with van der Waals surface area (Å²) in [6, 6.07) is 10.6. The predicted octanol–water partition coefficient (Wildman–Crippen LogP) is 1.34. The fraction of sp³-hybridized carbons (Fsp3) is 0.571. The van der Waals surface area contributed by atoms with E-state index in [2.05, 4.69) is 24.4 Å². The van der Waals surface area contributed by atoms with Crippen LogP contribution in [-0.2, 0) is 6.42 Å². The first-order valence-electron chi connectivity index (χ1n) is 6.13. The van der Waals surface area contributed by atoms with Gasteiger partial charge in [0.1, 0.15) is 0 Å². The van der Waals surface area contributed by atoms with Crippen LogP contribution in [0.3, 0.4) is 0 Å². The topological polar surface area (TPSA) is 52.5 Å². The highest BCUT2D eigenvalue weighted by Gasteiger charge is 2.23. The molecule has 0 heterocycles. The number of aryl methyl sites for hydroxylation is 1. The smallest absolute Gasteiger partial charge is 0.0633 e. The van der Waals surface area contributed by atoms with E-state index in [9.17, 15) is 10.2 Å². The van der Waals surface area contributed by atoms with Gasteiger partial charge in [-0.25, -0.2) is 0 Å². The Labute approximate surface area is 103 Å². The molecule has 17 heavy (non-hydrogen) atoms. The fourth-order valence-corrected chi connectivity index (χ4v) is 1.84. The summed E-state index contributed by atoms with van der Waals surface area (Å²) in [7, 11) is 0. The molecule has 0 aliphatic rings. The maximum absolute atomic E-state index is 9.20. The standard InChI is InChI=1S/C14H23NO2/c1-12(15-14(2,10-16)11-17)8-9-13-6-4-3-5-7-13/h3-7,12,15-17H,8-11H2,1-2H3. The van der Waals surface area contributed by atoms with E-state index in [1.54, 1.807) is 0 Å². The molecule has 0 fully saturated rings. The second kappa shape index (κ2) is 6.74. The van der Waals surface area contributed by atoms with E-state index in [4.69, 9.17) is 0 Å². The van der Waals surface area contributed by atoms with E-state index in [0.29, 0.717) is 0 Å². The number of hydrogen-bond acceptors (Lipinski definition) is 3. The number of aliphatic hydroxyl groups excluding tert-OH is 2. The number of nitrogens with one attached hydrogen (secondary N) is 1. The molecule has 1 unspecified atom stereocenters. The van der Waals surface area contributed by atoms with Crippen molar-refractivity contribution in [3.05, 3.63) is 35.9 Å². The van der Waals surface area contributed by atoms with Gasteiger partial charge in [-0.15, -0.1) is 0 Å². The molecular formula is C14H23NO2. The van der Waals surface area contributed by atoms with Crippen molar-refractivity contribution in [1.29, 1.82) is 0 Å². The largest absolute Gasteiger partial charge is 0.394 e. The molecule has 3 nitrogen and oxygen atoms in total. The van der Waals surface area contributed by atoms with E-state index < -0.39 is 5.54 Å². The van der Waals surface area contributed by atoms with Crippen molar-refractivity contribution in [3.8, 4) is 0 Å². The summed E-state index contributed by atoms with van der Waals surface area (Å²) in [5, 5.41) is 21.7. The van der Waals surface area contributed by atoms with Gasteiger partial charge in [-0.2, -0.15) is 0 Å². The van der Waals surface area contributed by atoms with Crippen molar-refractivity contribution in [2.75, 3.05) is 13.2 Å². The third kappa shape index (κ3) is 4.86. The van der Waals surface area contributed by atoms with Gasteiger partial charge < -0.3 is 15.5 Å². The Hall–Kier alpha value is -0.900. The lowest BCUT2D eigenvalue weighted by Crippen LogP contribution is -2.52. The Kier molecular flexibility index (Phi) is 5.62. The highest BCUT2D eigenvalue weighted by Crippen LogP contribution is 2.08. The van der Waals surface area contributed by atoms with Crippen LogP contribution in [-0.4, -0.2) is 35.0 Å². The van der Waals surface area contributed by atoms with Crippen molar-refractivity contribution in [2.24, 2.45) is 0 Å². The summed E-state index contributed by atoms with van der Waals surface area (Å²) in [5.74, 6) is 0. The summed E-state index contributed by atoms with van der Waals surface area (Å²) in [5.41, 5.74) is 0.728. The van der Waals surface area contributed by atoms with Gasteiger partial charge in [-0.05, 0) is 32.3 Å². The van der Waals surface area contributed by atoms with Gasteiger partial charge in [0.05, 0.1) is 18.8 Å². The summed E-state index contributed by atoms with van der Waals surface area (Å²) >= 11 is 0. The SMILES string of the molecule is CC(CCc1ccccc1)NC(C)(CO)CO. The van der Waals surface area contributed by atoms with Crippen LogP contribution >= 0.6 is 0 Å². The molecule has 96 valence electrons. The zero-order chi connectivity index (χ0) is 12.7. The number of rotatable bonds is 7. The van der Waals surface area contributed by atoms with Gasteiger partial charge in [0.2, 0.25) is 0 Å². The fourth-order valence-electron chi connectivity index (χ4n) is 1.84. The van der Waals surface area contributed by atoms with Crippen molar-refractivity contribution in [3.63, 3.8) is 0 Å². The van der Waals surface area contributed by atoms with Crippen LogP contribution in [0.1, 0.15) is 25.8 Å². The molecule has 0 saturated carbocycles. The second-order valence-corrected chi connectivity index (χ2v) is 4.95. The molecule has 0 radical (unpaired) electrons. The van der Waals surface area contributed by atoms with Crippen molar-refractivity contribution in [1.82, 2.24) is 5.32 Å². The molecule has 1 rings (SSSR count). The van der Waals surface area contributed by atoms with Crippen LogP contribution in [0, 0.1) is 0 Å². The first kappa shape index (κ1) is 14.2. The molecule has 3 N–H and O–H groups in total. The third-order valence-corrected chi connectivity index (χ3v) is 3.00. The summed E-state index contributed by atoms with van der Waals surface area (Å²) in [6.07, 6.45) is 1.99. The second-order valence-electron chi connectivity index (χ2n) is 4.95. The van der Waals surface area contributed by atoms with Gasteiger partial charge in [-0.3, -0.25) is 0 Å². The summed E-state index contributed by atoms with van der Waals surface area (Å²) < 4.78 is 0. The molecule has 0 aliphatic carbocycles. The molecule has 0 aromatic heterocycles. The first-order valence-corrected chi connectivity index (χ1v) is 6.13. The van der Waals surface area contributed by atoms with E-state index in [1.165, 1.54) is 5.56 Å². The average molecular weight is 237 g/mol. The maximum Gasteiger partial charge on any atom is 0.0633 e. The lowest BCUT2D eigenvalue weighted by Gasteiger charge is -2.30.